The average Bonchev–Trinajstić information content (AvgIpc) is 3.21. The molecule has 8 heteroatoms. The molecule has 0 aliphatic carbocycles. The molecule has 2 heterocycles. The number of carbonyl (C=O) groups excluding carboxylic acids is 2. The number of piperazine rings is 1. The molecule has 3 rings (SSSR count). The van der Waals surface area contributed by atoms with E-state index < -0.39 is 6.04 Å². The van der Waals surface area contributed by atoms with Crippen LogP contribution in [-0.2, 0) is 4.79 Å². The summed E-state index contributed by atoms with van der Waals surface area (Å²) in [6, 6.07) is 6.42. The van der Waals surface area contributed by atoms with Crippen LogP contribution in [0.1, 0.15) is 23.7 Å². The number of amides is 2. The van der Waals surface area contributed by atoms with Gasteiger partial charge >= 0.3 is 0 Å². The van der Waals surface area contributed by atoms with Crippen molar-refractivity contribution in [1.29, 1.82) is 0 Å². The Hall–Kier alpha value is -1.28. The van der Waals surface area contributed by atoms with Crippen LogP contribution in [0.3, 0.4) is 0 Å². The average molecular weight is 425 g/mol. The summed E-state index contributed by atoms with van der Waals surface area (Å²) in [6.07, 6.45) is 0.933. The van der Waals surface area contributed by atoms with Crippen molar-refractivity contribution in [2.75, 3.05) is 57.4 Å². The maximum absolute atomic E-state index is 12.7. The molecule has 2 fully saturated rings. The van der Waals surface area contributed by atoms with Crippen molar-refractivity contribution in [1.82, 2.24) is 20.0 Å². The lowest BCUT2D eigenvalue weighted by molar-refractivity contribution is -0.124. The molecule has 28 heavy (non-hydrogen) atoms. The summed E-state index contributed by atoms with van der Waals surface area (Å²) in [7, 11) is 0. The number of thioether (sulfide) groups is 1. The largest absolute Gasteiger partial charge is 0.354 e. The molecule has 2 aliphatic rings. The van der Waals surface area contributed by atoms with E-state index in [0.29, 0.717) is 28.8 Å². The quantitative estimate of drug-likeness (QED) is 0.678. The third-order valence-corrected chi connectivity index (χ3v) is 6.66. The van der Waals surface area contributed by atoms with E-state index in [1.165, 1.54) is 0 Å². The van der Waals surface area contributed by atoms with Gasteiger partial charge in [0.25, 0.3) is 5.91 Å². The molecule has 1 atom stereocenters. The predicted molar refractivity (Wildman–Crippen MR) is 115 cm³/mol. The zero-order valence-corrected chi connectivity index (χ0v) is 18.0. The van der Waals surface area contributed by atoms with E-state index in [1.54, 1.807) is 40.9 Å². The third kappa shape index (κ3) is 5.63. The number of benzene rings is 1. The fourth-order valence-corrected chi connectivity index (χ4v) is 4.86. The van der Waals surface area contributed by atoms with Crippen LogP contribution in [0, 0.1) is 0 Å². The minimum atomic E-state index is -0.402. The number of halogens is 1. The van der Waals surface area contributed by atoms with E-state index >= 15 is 0 Å². The fraction of sp³-hybridized carbons (Fsp3) is 0.600. The van der Waals surface area contributed by atoms with Crippen LogP contribution in [0.2, 0.25) is 5.02 Å². The van der Waals surface area contributed by atoms with E-state index in [4.69, 9.17) is 11.6 Å². The highest BCUT2D eigenvalue weighted by molar-refractivity contribution is 7.99. The van der Waals surface area contributed by atoms with Crippen molar-refractivity contribution in [3.05, 3.63) is 34.9 Å². The third-order valence-electron chi connectivity index (χ3n) is 5.40. The molecule has 2 aliphatic heterocycles. The monoisotopic (exact) mass is 424 g/mol. The molecule has 1 aromatic carbocycles. The van der Waals surface area contributed by atoms with Crippen LogP contribution in [0.4, 0.5) is 0 Å². The number of nitrogens with one attached hydrogen (secondary N) is 1. The number of hydrogen-bond donors (Lipinski definition) is 1. The topological polar surface area (TPSA) is 55.9 Å². The SMILES string of the molecule is CCN1CCN(CCCNC(=O)C2CSCN2C(=O)c2ccc(Cl)cc2)CC1. The Morgan fingerprint density at radius 3 is 2.50 bits per heavy atom. The Kier molecular flexibility index (Phi) is 8.02. The predicted octanol–water partition coefficient (Wildman–Crippen LogP) is 2.00. The minimum absolute atomic E-state index is 0.0527. The Balaban J connectivity index is 1.42. The van der Waals surface area contributed by atoms with Crippen LogP contribution in [0.5, 0.6) is 0 Å². The highest BCUT2D eigenvalue weighted by atomic mass is 35.5. The van der Waals surface area contributed by atoms with Crippen LogP contribution in [0.25, 0.3) is 0 Å². The smallest absolute Gasteiger partial charge is 0.255 e. The van der Waals surface area contributed by atoms with Crippen LogP contribution in [0.15, 0.2) is 24.3 Å². The second-order valence-electron chi connectivity index (χ2n) is 7.22. The van der Waals surface area contributed by atoms with Gasteiger partial charge in [-0.05, 0) is 43.8 Å². The van der Waals surface area contributed by atoms with Crippen molar-refractivity contribution in [3.63, 3.8) is 0 Å². The summed E-state index contributed by atoms with van der Waals surface area (Å²) >= 11 is 7.51. The standard InChI is InChI=1S/C20H29ClN4O2S/c1-2-23-10-12-24(13-11-23)9-3-8-22-19(26)18-14-28-15-25(18)20(27)16-4-6-17(21)7-5-16/h4-7,18H,2-3,8-15H2,1H3,(H,22,26). The maximum Gasteiger partial charge on any atom is 0.255 e. The molecule has 0 aromatic heterocycles. The lowest BCUT2D eigenvalue weighted by Gasteiger charge is -2.34. The van der Waals surface area contributed by atoms with Gasteiger partial charge in [0.05, 0.1) is 5.88 Å². The molecule has 2 amide bonds. The highest BCUT2D eigenvalue weighted by Crippen LogP contribution is 2.24. The van der Waals surface area contributed by atoms with E-state index in [9.17, 15) is 9.59 Å². The Bertz CT molecular complexity index is 665. The van der Waals surface area contributed by atoms with Gasteiger partial charge in [0, 0.05) is 49.1 Å². The summed E-state index contributed by atoms with van der Waals surface area (Å²) in [4.78, 5) is 31.9. The molecule has 1 unspecified atom stereocenters. The van der Waals surface area contributed by atoms with Gasteiger partial charge in [-0.25, -0.2) is 0 Å². The summed E-state index contributed by atoms with van der Waals surface area (Å²) in [5.41, 5.74) is 0.566. The first-order valence-corrected chi connectivity index (χ1v) is 11.5. The van der Waals surface area contributed by atoms with Crippen molar-refractivity contribution >= 4 is 35.2 Å². The van der Waals surface area contributed by atoms with Crippen LogP contribution < -0.4 is 5.32 Å². The van der Waals surface area contributed by atoms with Gasteiger partial charge < -0.3 is 20.0 Å². The van der Waals surface area contributed by atoms with Crippen molar-refractivity contribution in [2.24, 2.45) is 0 Å². The molecule has 0 bridgehead atoms. The van der Waals surface area contributed by atoms with Gasteiger partial charge in [-0.2, -0.15) is 0 Å². The second-order valence-corrected chi connectivity index (χ2v) is 8.65. The minimum Gasteiger partial charge on any atom is -0.354 e. The first kappa shape index (κ1) is 21.4. The summed E-state index contributed by atoms with van der Waals surface area (Å²) < 4.78 is 0. The number of carbonyl (C=O) groups is 2. The normalized spacial score (nSPS) is 21.1. The second kappa shape index (κ2) is 10.5. The Morgan fingerprint density at radius 2 is 1.82 bits per heavy atom. The lowest BCUT2D eigenvalue weighted by Crippen LogP contribution is -2.48. The Labute approximate surface area is 176 Å². The van der Waals surface area contributed by atoms with Crippen molar-refractivity contribution in [2.45, 2.75) is 19.4 Å². The molecule has 0 spiro atoms. The maximum atomic E-state index is 12.7. The van der Waals surface area contributed by atoms with Gasteiger partial charge in [0.15, 0.2) is 0 Å². The fourth-order valence-electron chi connectivity index (χ4n) is 3.58. The summed E-state index contributed by atoms with van der Waals surface area (Å²) in [6.45, 7) is 9.44. The van der Waals surface area contributed by atoms with Gasteiger partial charge in [-0.15, -0.1) is 11.8 Å². The molecular formula is C20H29ClN4O2S. The van der Waals surface area contributed by atoms with Gasteiger partial charge in [0.1, 0.15) is 6.04 Å². The van der Waals surface area contributed by atoms with E-state index in [1.807, 2.05) is 0 Å². The molecule has 0 saturated carbocycles. The van der Waals surface area contributed by atoms with Gasteiger partial charge in [-0.3, -0.25) is 9.59 Å². The van der Waals surface area contributed by atoms with Gasteiger partial charge in [-0.1, -0.05) is 18.5 Å². The summed E-state index contributed by atoms with van der Waals surface area (Å²) in [5.74, 6) is 1.02. The van der Waals surface area contributed by atoms with Crippen molar-refractivity contribution < 1.29 is 9.59 Å². The van der Waals surface area contributed by atoms with Crippen LogP contribution >= 0.6 is 23.4 Å². The number of rotatable bonds is 7. The summed E-state index contributed by atoms with van der Waals surface area (Å²) in [5, 5.41) is 3.62. The molecule has 0 radical (unpaired) electrons. The van der Waals surface area contributed by atoms with Crippen molar-refractivity contribution in [3.8, 4) is 0 Å². The molecular weight excluding hydrogens is 396 g/mol. The zero-order valence-electron chi connectivity index (χ0n) is 16.4. The van der Waals surface area contributed by atoms with E-state index in [2.05, 4.69) is 22.0 Å². The van der Waals surface area contributed by atoms with E-state index in [-0.39, 0.29) is 11.8 Å². The zero-order chi connectivity index (χ0) is 19.9. The number of hydrogen-bond acceptors (Lipinski definition) is 5. The van der Waals surface area contributed by atoms with Crippen LogP contribution in [-0.4, -0.2) is 90.0 Å². The molecule has 2 saturated heterocycles. The molecule has 1 aromatic rings. The first-order valence-electron chi connectivity index (χ1n) is 9.95. The Morgan fingerprint density at radius 1 is 1.14 bits per heavy atom. The number of likely N-dealkylation sites (N-methyl/N-ethyl adjacent to an activating group) is 1. The van der Waals surface area contributed by atoms with E-state index in [0.717, 1.165) is 45.7 Å². The first-order chi connectivity index (χ1) is 13.6. The molecule has 154 valence electrons. The van der Waals surface area contributed by atoms with Gasteiger partial charge in [0.2, 0.25) is 5.91 Å². The number of nitrogens with zero attached hydrogens (tertiary/aromatic N) is 3. The molecule has 1 N–H and O–H groups in total. The lowest BCUT2D eigenvalue weighted by atomic mass is 10.1. The highest BCUT2D eigenvalue weighted by Gasteiger charge is 2.34. The molecule has 6 nitrogen and oxygen atoms in total.